The molecule has 0 unspecified atom stereocenters. The molecule has 3 heterocycles. The highest BCUT2D eigenvalue weighted by atomic mass is 14.9. The maximum absolute atomic E-state index is 5.49. The molecule has 0 aliphatic rings. The Morgan fingerprint density at radius 3 is 1.56 bits per heavy atom. The van der Waals surface area contributed by atoms with E-state index in [1.165, 1.54) is 21.7 Å². The summed E-state index contributed by atoms with van der Waals surface area (Å²) in [6.45, 7) is 0. The van der Waals surface area contributed by atoms with E-state index in [-0.39, 0.29) is 0 Å². The van der Waals surface area contributed by atoms with Crippen molar-refractivity contribution in [2.45, 2.75) is 0 Å². The van der Waals surface area contributed by atoms with Crippen LogP contribution in [-0.2, 0) is 0 Å². The molecule has 4 nitrogen and oxygen atoms in total. The lowest BCUT2D eigenvalue weighted by atomic mass is 9.92. The molecule has 8 aromatic carbocycles. The highest BCUT2D eigenvalue weighted by Crippen LogP contribution is 2.42. The Morgan fingerprint density at radius 1 is 0.327 bits per heavy atom. The molecule has 55 heavy (non-hydrogen) atoms. The first-order valence-electron chi connectivity index (χ1n) is 18.6. The van der Waals surface area contributed by atoms with Crippen molar-refractivity contribution in [2.24, 2.45) is 0 Å². The van der Waals surface area contributed by atoms with Crippen molar-refractivity contribution in [2.75, 3.05) is 0 Å². The van der Waals surface area contributed by atoms with Gasteiger partial charge in [0.2, 0.25) is 0 Å². The molecule has 3 aromatic heterocycles. The molecule has 0 spiro atoms. The summed E-state index contributed by atoms with van der Waals surface area (Å²) in [6, 6.07) is 68.4. The quantitative estimate of drug-likeness (QED) is 0.168. The standard InChI is InChI=1S/C51H32N4/c1-3-15-34(16-4-1)49-47(33-27-29-36(30-28-33)48-46-32-38-20-8-13-25-44(38)55(46)45-26-14-12-24-43(45)52-48)50(35-17-5-2-6-18-35)54-51(53-49)42-31-37-19-7-9-21-39(37)40-22-10-11-23-41(40)42/h1-32H. The SMILES string of the molecule is c1ccc(-c2nc(-c3cc4ccccc4c4ccccc34)nc(-c3ccccc3)c2-c2ccc(-c3nc4ccccc4n4c3cc3ccccc34)cc2)cc1. The van der Waals surface area contributed by atoms with E-state index in [2.05, 4.69) is 199 Å². The first-order chi connectivity index (χ1) is 27.3. The predicted octanol–water partition coefficient (Wildman–Crippen LogP) is 13.1. The van der Waals surface area contributed by atoms with Gasteiger partial charge in [0.25, 0.3) is 0 Å². The van der Waals surface area contributed by atoms with Gasteiger partial charge < -0.3 is 4.40 Å². The number of fused-ring (bicyclic) bond motifs is 8. The summed E-state index contributed by atoms with van der Waals surface area (Å²) in [5.74, 6) is 0.697. The lowest BCUT2D eigenvalue weighted by molar-refractivity contribution is 1.19. The smallest absolute Gasteiger partial charge is 0.161 e. The number of benzene rings is 8. The van der Waals surface area contributed by atoms with Crippen LogP contribution in [0.3, 0.4) is 0 Å². The van der Waals surface area contributed by atoms with Gasteiger partial charge >= 0.3 is 0 Å². The van der Waals surface area contributed by atoms with E-state index in [1.807, 2.05) is 0 Å². The minimum atomic E-state index is 0.697. The van der Waals surface area contributed by atoms with Gasteiger partial charge in [-0.05, 0) is 57.4 Å². The first-order valence-corrected chi connectivity index (χ1v) is 18.6. The van der Waals surface area contributed by atoms with Crippen LogP contribution >= 0.6 is 0 Å². The van der Waals surface area contributed by atoms with Gasteiger partial charge in [0.1, 0.15) is 0 Å². The van der Waals surface area contributed by atoms with Crippen LogP contribution in [0.15, 0.2) is 194 Å². The number of aromatic nitrogens is 4. The second kappa shape index (κ2) is 12.6. The molecule has 0 aliphatic heterocycles. The topological polar surface area (TPSA) is 43.1 Å². The van der Waals surface area contributed by atoms with Crippen molar-refractivity contribution >= 4 is 49.0 Å². The van der Waals surface area contributed by atoms with E-state index >= 15 is 0 Å². The van der Waals surface area contributed by atoms with Crippen molar-refractivity contribution in [3.05, 3.63) is 194 Å². The third-order valence-electron chi connectivity index (χ3n) is 10.8. The van der Waals surface area contributed by atoms with Gasteiger partial charge in [-0.15, -0.1) is 0 Å². The number of rotatable bonds is 5. The van der Waals surface area contributed by atoms with Gasteiger partial charge in [-0.3, -0.25) is 0 Å². The van der Waals surface area contributed by atoms with Crippen molar-refractivity contribution in [1.82, 2.24) is 19.4 Å². The molecule has 11 aromatic rings. The van der Waals surface area contributed by atoms with Crippen LogP contribution in [0.25, 0.3) is 105 Å². The van der Waals surface area contributed by atoms with Crippen molar-refractivity contribution in [3.8, 4) is 56.3 Å². The Kier molecular flexibility index (Phi) is 7.14. The summed E-state index contributed by atoms with van der Waals surface area (Å²) >= 11 is 0. The zero-order valence-electron chi connectivity index (χ0n) is 29.8. The summed E-state index contributed by atoms with van der Waals surface area (Å²) in [4.78, 5) is 16.2. The second-order valence-electron chi connectivity index (χ2n) is 14.0. The average Bonchev–Trinajstić information content (AvgIpc) is 3.66. The number of nitrogens with zero attached hydrogens (tertiary/aromatic N) is 4. The lowest BCUT2D eigenvalue weighted by Gasteiger charge is -2.18. The third-order valence-corrected chi connectivity index (χ3v) is 10.8. The predicted molar refractivity (Wildman–Crippen MR) is 228 cm³/mol. The first kappa shape index (κ1) is 31.1. The number of hydrogen-bond acceptors (Lipinski definition) is 3. The van der Waals surface area contributed by atoms with E-state index in [1.54, 1.807) is 0 Å². The Hall–Kier alpha value is -7.43. The Labute approximate surface area is 317 Å². The van der Waals surface area contributed by atoms with Crippen LogP contribution in [0.1, 0.15) is 0 Å². The van der Waals surface area contributed by atoms with Gasteiger partial charge in [0, 0.05) is 33.2 Å². The molecule has 0 fully saturated rings. The van der Waals surface area contributed by atoms with Gasteiger partial charge in [-0.1, -0.05) is 164 Å². The summed E-state index contributed by atoms with van der Waals surface area (Å²) in [5.41, 5.74) is 13.2. The summed E-state index contributed by atoms with van der Waals surface area (Å²) in [7, 11) is 0. The second-order valence-corrected chi connectivity index (χ2v) is 14.0. The van der Waals surface area contributed by atoms with Crippen LogP contribution in [0.4, 0.5) is 0 Å². The summed E-state index contributed by atoms with van der Waals surface area (Å²) in [5, 5.41) is 5.89. The molecular formula is C51H32N4. The average molecular weight is 701 g/mol. The summed E-state index contributed by atoms with van der Waals surface area (Å²) in [6.07, 6.45) is 0. The van der Waals surface area contributed by atoms with E-state index in [4.69, 9.17) is 15.0 Å². The summed E-state index contributed by atoms with van der Waals surface area (Å²) < 4.78 is 2.34. The van der Waals surface area contributed by atoms with E-state index in [0.29, 0.717) is 5.82 Å². The number of para-hydroxylation sites is 3. The van der Waals surface area contributed by atoms with Crippen LogP contribution in [0, 0.1) is 0 Å². The Balaban J connectivity index is 1.16. The van der Waals surface area contributed by atoms with Gasteiger partial charge in [-0.25, -0.2) is 15.0 Å². The molecule has 0 atom stereocenters. The van der Waals surface area contributed by atoms with E-state index in [9.17, 15) is 0 Å². The molecule has 0 aliphatic carbocycles. The molecule has 0 radical (unpaired) electrons. The lowest BCUT2D eigenvalue weighted by Crippen LogP contribution is -2.01. The van der Waals surface area contributed by atoms with Crippen LogP contribution in [0.5, 0.6) is 0 Å². The zero-order valence-corrected chi connectivity index (χ0v) is 29.8. The highest BCUT2D eigenvalue weighted by Gasteiger charge is 2.22. The number of hydrogen-bond donors (Lipinski definition) is 0. The Bertz CT molecular complexity index is 3180. The van der Waals surface area contributed by atoms with Gasteiger partial charge in [-0.2, -0.15) is 0 Å². The zero-order chi connectivity index (χ0) is 36.3. The monoisotopic (exact) mass is 700 g/mol. The minimum absolute atomic E-state index is 0.697. The van der Waals surface area contributed by atoms with Crippen LogP contribution in [-0.4, -0.2) is 19.4 Å². The molecule has 0 N–H and O–H groups in total. The van der Waals surface area contributed by atoms with Crippen molar-refractivity contribution in [1.29, 1.82) is 0 Å². The largest absolute Gasteiger partial charge is 0.306 e. The minimum Gasteiger partial charge on any atom is -0.306 e. The molecule has 0 saturated carbocycles. The Morgan fingerprint density at radius 2 is 0.855 bits per heavy atom. The van der Waals surface area contributed by atoms with Crippen molar-refractivity contribution in [3.63, 3.8) is 0 Å². The molecule has 0 bridgehead atoms. The van der Waals surface area contributed by atoms with Crippen LogP contribution in [0.2, 0.25) is 0 Å². The maximum Gasteiger partial charge on any atom is 0.161 e. The third kappa shape index (κ3) is 5.11. The molecule has 11 rings (SSSR count). The molecule has 4 heteroatoms. The van der Waals surface area contributed by atoms with Crippen LogP contribution < -0.4 is 0 Å². The maximum atomic E-state index is 5.49. The molecule has 0 saturated heterocycles. The highest BCUT2D eigenvalue weighted by molar-refractivity contribution is 6.13. The van der Waals surface area contributed by atoms with E-state index < -0.39 is 0 Å². The molecular weight excluding hydrogens is 669 g/mol. The fourth-order valence-electron chi connectivity index (χ4n) is 8.23. The van der Waals surface area contributed by atoms with Gasteiger partial charge in [0.15, 0.2) is 5.82 Å². The van der Waals surface area contributed by atoms with Gasteiger partial charge in [0.05, 0.1) is 39.1 Å². The fourth-order valence-corrected chi connectivity index (χ4v) is 8.23. The van der Waals surface area contributed by atoms with Crippen molar-refractivity contribution < 1.29 is 0 Å². The molecule has 256 valence electrons. The normalized spacial score (nSPS) is 11.6. The fraction of sp³-hybridized carbons (Fsp3) is 0. The van der Waals surface area contributed by atoms with E-state index in [0.717, 1.165) is 77.8 Å². The molecule has 0 amide bonds.